The second-order valence-corrected chi connectivity index (χ2v) is 6.40. The van der Waals surface area contributed by atoms with Gasteiger partial charge in [-0.15, -0.1) is 0 Å². The van der Waals surface area contributed by atoms with Crippen molar-refractivity contribution >= 4 is 40.7 Å². The number of carbonyl (C=O) groups is 2. The van der Waals surface area contributed by atoms with Crippen LogP contribution in [-0.4, -0.2) is 36.9 Å². The third kappa shape index (κ3) is 5.38. The van der Waals surface area contributed by atoms with Crippen molar-refractivity contribution in [2.24, 2.45) is 0 Å². The summed E-state index contributed by atoms with van der Waals surface area (Å²) in [6.07, 6.45) is 0.186. The summed E-state index contributed by atoms with van der Waals surface area (Å²) in [5.41, 5.74) is 1.17. The van der Waals surface area contributed by atoms with Gasteiger partial charge in [0.1, 0.15) is 5.75 Å². The number of hydrogen-bond acceptors (Lipinski definition) is 3. The molecule has 0 saturated heterocycles. The van der Waals surface area contributed by atoms with Crippen molar-refractivity contribution in [3.05, 3.63) is 58.1 Å². The van der Waals surface area contributed by atoms with Crippen LogP contribution in [-0.2, 0) is 16.0 Å². The number of ether oxygens (including phenoxy) is 1. The highest BCUT2D eigenvalue weighted by Crippen LogP contribution is 2.29. The summed E-state index contributed by atoms with van der Waals surface area (Å²) in [6.45, 7) is 2.15. The van der Waals surface area contributed by atoms with E-state index in [0.29, 0.717) is 28.0 Å². The number of benzene rings is 2. The number of halogens is 2. The minimum absolute atomic E-state index is 0.0825. The lowest BCUT2D eigenvalue weighted by Gasteiger charge is -2.21. The van der Waals surface area contributed by atoms with E-state index in [-0.39, 0.29) is 24.8 Å². The molecule has 2 aromatic carbocycles. The van der Waals surface area contributed by atoms with Gasteiger partial charge in [-0.05, 0) is 36.8 Å². The van der Waals surface area contributed by atoms with Gasteiger partial charge in [0, 0.05) is 6.54 Å². The minimum Gasteiger partial charge on any atom is -0.497 e. The maximum atomic E-state index is 12.5. The molecule has 138 valence electrons. The predicted molar refractivity (Wildman–Crippen MR) is 104 cm³/mol. The van der Waals surface area contributed by atoms with E-state index in [0.717, 1.165) is 5.56 Å². The fourth-order valence-electron chi connectivity index (χ4n) is 2.41. The van der Waals surface area contributed by atoms with E-state index in [4.69, 9.17) is 27.9 Å². The van der Waals surface area contributed by atoms with Crippen molar-refractivity contribution in [3.8, 4) is 5.75 Å². The topological polar surface area (TPSA) is 58.6 Å². The minimum atomic E-state index is -0.360. The molecule has 26 heavy (non-hydrogen) atoms. The number of likely N-dealkylation sites (N-methyl/N-ethyl adjacent to an activating group) is 1. The monoisotopic (exact) mass is 394 g/mol. The fraction of sp³-hybridized carbons (Fsp3) is 0.263. The second-order valence-electron chi connectivity index (χ2n) is 5.58. The van der Waals surface area contributed by atoms with Gasteiger partial charge < -0.3 is 15.0 Å². The largest absolute Gasteiger partial charge is 0.497 e. The molecule has 0 spiro atoms. The van der Waals surface area contributed by atoms with E-state index >= 15 is 0 Å². The normalized spacial score (nSPS) is 10.3. The van der Waals surface area contributed by atoms with Crippen LogP contribution in [0, 0.1) is 0 Å². The Morgan fingerprint density at radius 3 is 2.38 bits per heavy atom. The Kier molecular flexibility index (Phi) is 7.30. The van der Waals surface area contributed by atoms with Gasteiger partial charge in [0.15, 0.2) is 0 Å². The van der Waals surface area contributed by atoms with Crippen molar-refractivity contribution in [2.45, 2.75) is 13.3 Å². The van der Waals surface area contributed by atoms with Crippen LogP contribution < -0.4 is 10.1 Å². The molecule has 0 aromatic heterocycles. The van der Waals surface area contributed by atoms with Gasteiger partial charge in [0.2, 0.25) is 11.8 Å². The highest BCUT2D eigenvalue weighted by atomic mass is 35.5. The van der Waals surface area contributed by atoms with E-state index in [9.17, 15) is 9.59 Å². The zero-order valence-electron chi connectivity index (χ0n) is 14.6. The average Bonchev–Trinajstić information content (AvgIpc) is 2.63. The van der Waals surface area contributed by atoms with E-state index in [1.54, 1.807) is 31.4 Å². The first-order valence-electron chi connectivity index (χ1n) is 8.09. The third-order valence-corrected chi connectivity index (χ3v) is 4.42. The van der Waals surface area contributed by atoms with Crippen molar-refractivity contribution in [1.82, 2.24) is 4.90 Å². The molecule has 1 N–H and O–H groups in total. The van der Waals surface area contributed by atoms with Gasteiger partial charge in [-0.1, -0.05) is 41.4 Å². The molecule has 0 fully saturated rings. The van der Waals surface area contributed by atoms with Crippen molar-refractivity contribution in [3.63, 3.8) is 0 Å². The molecule has 0 aliphatic carbocycles. The second kappa shape index (κ2) is 9.46. The van der Waals surface area contributed by atoms with Crippen LogP contribution in [0.1, 0.15) is 12.5 Å². The van der Waals surface area contributed by atoms with E-state index in [2.05, 4.69) is 5.32 Å². The number of carbonyl (C=O) groups excluding carboxylic acids is 2. The number of nitrogens with zero attached hydrogens (tertiary/aromatic N) is 1. The molecule has 2 aromatic rings. The first-order valence-corrected chi connectivity index (χ1v) is 8.84. The molecule has 0 heterocycles. The molecule has 2 amide bonds. The van der Waals surface area contributed by atoms with Crippen LogP contribution in [0.2, 0.25) is 10.0 Å². The highest BCUT2D eigenvalue weighted by Gasteiger charge is 2.18. The molecular weight excluding hydrogens is 375 g/mol. The molecule has 0 atom stereocenters. The zero-order valence-corrected chi connectivity index (χ0v) is 16.1. The van der Waals surface area contributed by atoms with Crippen molar-refractivity contribution in [2.75, 3.05) is 25.5 Å². The van der Waals surface area contributed by atoms with E-state index < -0.39 is 0 Å². The summed E-state index contributed by atoms with van der Waals surface area (Å²) < 4.78 is 5.16. The molecule has 0 saturated carbocycles. The van der Waals surface area contributed by atoms with Crippen molar-refractivity contribution < 1.29 is 14.3 Å². The van der Waals surface area contributed by atoms with Crippen LogP contribution in [0.15, 0.2) is 42.5 Å². The van der Waals surface area contributed by atoms with Crippen molar-refractivity contribution in [1.29, 1.82) is 0 Å². The quantitative estimate of drug-likeness (QED) is 0.770. The molecule has 0 bridgehead atoms. The Labute approximate surface area is 162 Å². The Bertz CT molecular complexity index is 776. The maximum absolute atomic E-state index is 12.5. The fourth-order valence-corrected chi connectivity index (χ4v) is 2.91. The summed E-state index contributed by atoms with van der Waals surface area (Å²) in [5.74, 6) is 0.173. The first kappa shape index (κ1) is 20.1. The number of methoxy groups -OCH3 is 1. The van der Waals surface area contributed by atoms with Gasteiger partial charge in [-0.25, -0.2) is 0 Å². The first-order chi connectivity index (χ1) is 12.4. The molecular formula is C19H20Cl2N2O3. The van der Waals surface area contributed by atoms with Gasteiger partial charge >= 0.3 is 0 Å². The van der Waals surface area contributed by atoms with Gasteiger partial charge in [-0.2, -0.15) is 0 Å². The van der Waals surface area contributed by atoms with Crippen LogP contribution in [0.25, 0.3) is 0 Å². The summed E-state index contributed by atoms with van der Waals surface area (Å²) in [7, 11) is 1.57. The Balaban J connectivity index is 2.01. The molecule has 0 unspecified atom stereocenters. The van der Waals surface area contributed by atoms with Gasteiger partial charge in [0.05, 0.1) is 35.8 Å². The van der Waals surface area contributed by atoms with Gasteiger partial charge in [-0.3, -0.25) is 9.59 Å². The summed E-state index contributed by atoms with van der Waals surface area (Å²) in [6, 6.07) is 12.2. The molecule has 0 aliphatic heterocycles. The number of amides is 2. The number of anilines is 1. The smallest absolute Gasteiger partial charge is 0.244 e. The standard InChI is InChI=1S/C19H20Cl2N2O3/c1-3-23(18(25)11-13-6-4-7-14(10-13)26-2)12-17(24)22-19-15(20)8-5-9-16(19)21/h4-10H,3,11-12H2,1-2H3,(H,22,24). The van der Waals surface area contributed by atoms with Crippen LogP contribution in [0.4, 0.5) is 5.69 Å². The Hall–Kier alpha value is -2.24. The highest BCUT2D eigenvalue weighted by molar-refractivity contribution is 6.39. The van der Waals surface area contributed by atoms with E-state index in [1.807, 2.05) is 25.1 Å². The summed E-state index contributed by atoms with van der Waals surface area (Å²) in [4.78, 5) is 26.3. The summed E-state index contributed by atoms with van der Waals surface area (Å²) >= 11 is 12.1. The third-order valence-electron chi connectivity index (χ3n) is 3.79. The number of para-hydroxylation sites is 1. The molecule has 5 nitrogen and oxygen atoms in total. The zero-order chi connectivity index (χ0) is 19.1. The van der Waals surface area contributed by atoms with Crippen LogP contribution >= 0.6 is 23.2 Å². The molecule has 0 aliphatic rings. The molecule has 0 radical (unpaired) electrons. The Morgan fingerprint density at radius 1 is 1.12 bits per heavy atom. The number of nitrogens with one attached hydrogen (secondary N) is 1. The lowest BCUT2D eigenvalue weighted by Crippen LogP contribution is -2.38. The molecule has 2 rings (SSSR count). The SMILES string of the molecule is CCN(CC(=O)Nc1c(Cl)cccc1Cl)C(=O)Cc1cccc(OC)c1. The van der Waals surface area contributed by atoms with E-state index in [1.165, 1.54) is 4.90 Å². The lowest BCUT2D eigenvalue weighted by molar-refractivity contribution is -0.133. The van der Waals surface area contributed by atoms with Crippen LogP contribution in [0.3, 0.4) is 0 Å². The number of rotatable bonds is 7. The Morgan fingerprint density at radius 2 is 1.77 bits per heavy atom. The molecule has 7 heteroatoms. The predicted octanol–water partition coefficient (Wildman–Crippen LogP) is 4.03. The number of hydrogen-bond donors (Lipinski definition) is 1. The maximum Gasteiger partial charge on any atom is 0.244 e. The summed E-state index contributed by atoms with van der Waals surface area (Å²) in [5, 5.41) is 3.35. The van der Waals surface area contributed by atoms with Crippen LogP contribution in [0.5, 0.6) is 5.75 Å². The average molecular weight is 395 g/mol. The lowest BCUT2D eigenvalue weighted by atomic mass is 10.1. The van der Waals surface area contributed by atoms with Gasteiger partial charge in [0.25, 0.3) is 0 Å².